The molecule has 3 atom stereocenters. The molecular formula is C22H33N5O6S. The van der Waals surface area contributed by atoms with Gasteiger partial charge < -0.3 is 32.1 Å². The number of thiol groups is 1. The van der Waals surface area contributed by atoms with Crippen molar-refractivity contribution >= 4 is 42.2 Å². The van der Waals surface area contributed by atoms with Crippen LogP contribution in [0.1, 0.15) is 25.8 Å². The van der Waals surface area contributed by atoms with Gasteiger partial charge in [-0.05, 0) is 17.9 Å². The van der Waals surface area contributed by atoms with Gasteiger partial charge in [-0.25, -0.2) is 4.79 Å². The van der Waals surface area contributed by atoms with E-state index in [2.05, 4.69) is 33.9 Å². The van der Waals surface area contributed by atoms with Gasteiger partial charge in [-0.15, -0.1) is 0 Å². The molecule has 0 spiro atoms. The van der Waals surface area contributed by atoms with Crippen molar-refractivity contribution in [3.05, 3.63) is 35.9 Å². The predicted octanol–water partition coefficient (Wildman–Crippen LogP) is -1.18. The van der Waals surface area contributed by atoms with Crippen molar-refractivity contribution in [1.29, 1.82) is 0 Å². The van der Waals surface area contributed by atoms with Crippen LogP contribution in [-0.2, 0) is 30.4 Å². The number of carboxylic acids is 1. The first-order valence-corrected chi connectivity index (χ1v) is 11.4. The molecule has 0 aliphatic carbocycles. The van der Waals surface area contributed by atoms with Crippen LogP contribution in [0, 0.1) is 5.92 Å². The fourth-order valence-electron chi connectivity index (χ4n) is 3.01. The molecule has 0 aliphatic heterocycles. The Morgan fingerprint density at radius 3 is 2.06 bits per heavy atom. The number of carboxylic acid groups (broad SMARTS) is 1. The Labute approximate surface area is 204 Å². The van der Waals surface area contributed by atoms with Crippen molar-refractivity contribution in [3.8, 4) is 0 Å². The Hall–Kier alpha value is -3.12. The van der Waals surface area contributed by atoms with Gasteiger partial charge in [0.05, 0.1) is 13.1 Å². The average molecular weight is 496 g/mol. The summed E-state index contributed by atoms with van der Waals surface area (Å²) in [6.45, 7) is 2.95. The van der Waals surface area contributed by atoms with Crippen molar-refractivity contribution in [1.82, 2.24) is 21.3 Å². The lowest BCUT2D eigenvalue weighted by Gasteiger charge is -2.24. The van der Waals surface area contributed by atoms with Crippen molar-refractivity contribution < 1.29 is 29.1 Å². The van der Waals surface area contributed by atoms with Crippen LogP contribution in [0.25, 0.3) is 0 Å². The maximum atomic E-state index is 13.0. The molecule has 0 fully saturated rings. The van der Waals surface area contributed by atoms with E-state index in [0.29, 0.717) is 0 Å². The third-order valence-electron chi connectivity index (χ3n) is 4.70. The highest BCUT2D eigenvalue weighted by atomic mass is 32.1. The summed E-state index contributed by atoms with van der Waals surface area (Å²) in [6, 6.07) is 5.91. The molecule has 1 aromatic carbocycles. The number of benzene rings is 1. The number of amides is 4. The minimum atomic E-state index is -1.25. The Balaban J connectivity index is 2.86. The molecule has 0 radical (unpaired) electrons. The normalized spacial score (nSPS) is 13.3. The quantitative estimate of drug-likeness (QED) is 0.159. The molecule has 0 aliphatic rings. The Kier molecular flexibility index (Phi) is 12.7. The van der Waals surface area contributed by atoms with Gasteiger partial charge in [-0.2, -0.15) is 12.6 Å². The summed E-state index contributed by atoms with van der Waals surface area (Å²) >= 11 is 3.86. The maximum absolute atomic E-state index is 13.0. The number of carbonyl (C=O) groups is 5. The smallest absolute Gasteiger partial charge is 0.327 e. The summed E-state index contributed by atoms with van der Waals surface area (Å²) in [4.78, 5) is 60.6. The summed E-state index contributed by atoms with van der Waals surface area (Å²) in [5.74, 6) is -3.75. The Morgan fingerprint density at radius 2 is 1.53 bits per heavy atom. The van der Waals surface area contributed by atoms with E-state index in [0.717, 1.165) is 5.56 Å². The van der Waals surface area contributed by atoms with E-state index in [1.165, 1.54) is 0 Å². The Bertz CT molecular complexity index is 851. The number of rotatable bonds is 14. The van der Waals surface area contributed by atoms with Crippen LogP contribution in [0.15, 0.2) is 30.3 Å². The summed E-state index contributed by atoms with van der Waals surface area (Å²) in [6.07, 6.45) is 0.466. The van der Waals surface area contributed by atoms with E-state index >= 15 is 0 Å². The van der Waals surface area contributed by atoms with E-state index in [1.54, 1.807) is 24.3 Å². The molecule has 1 aromatic rings. The minimum Gasteiger partial charge on any atom is -0.480 e. The van der Waals surface area contributed by atoms with E-state index in [1.807, 2.05) is 19.9 Å². The number of hydrogen-bond acceptors (Lipinski definition) is 7. The van der Waals surface area contributed by atoms with Crippen LogP contribution >= 0.6 is 12.6 Å². The summed E-state index contributed by atoms with van der Waals surface area (Å²) < 4.78 is 0. The van der Waals surface area contributed by atoms with Crippen molar-refractivity contribution in [2.45, 2.75) is 44.8 Å². The summed E-state index contributed by atoms with van der Waals surface area (Å²) in [5, 5.41) is 18.9. The van der Waals surface area contributed by atoms with E-state index in [4.69, 9.17) is 10.8 Å². The largest absolute Gasteiger partial charge is 0.480 e. The molecule has 34 heavy (non-hydrogen) atoms. The molecular weight excluding hydrogens is 462 g/mol. The lowest BCUT2D eigenvalue weighted by atomic mass is 10.0. The number of hydrogen-bond donors (Lipinski definition) is 7. The number of aliphatic carboxylic acids is 1. The monoisotopic (exact) mass is 495 g/mol. The lowest BCUT2D eigenvalue weighted by Crippen LogP contribution is -2.56. The predicted molar refractivity (Wildman–Crippen MR) is 129 cm³/mol. The molecule has 0 heterocycles. The SMILES string of the molecule is CC(C)C[C@H](NC(=O)[C@H](Cc1ccccc1)NC(=O)CN)C(=O)NCC(=O)N[C@@H](CS)C(=O)O. The van der Waals surface area contributed by atoms with Gasteiger partial charge in [0.1, 0.15) is 18.1 Å². The third-order valence-corrected chi connectivity index (χ3v) is 5.06. The van der Waals surface area contributed by atoms with Crippen LogP contribution in [-0.4, -0.2) is 71.7 Å². The lowest BCUT2D eigenvalue weighted by molar-refractivity contribution is -0.141. The van der Waals surface area contributed by atoms with Crippen molar-refractivity contribution in [2.24, 2.45) is 11.7 Å². The van der Waals surface area contributed by atoms with E-state index in [9.17, 15) is 24.0 Å². The fourth-order valence-corrected chi connectivity index (χ4v) is 3.26. The van der Waals surface area contributed by atoms with Crippen molar-refractivity contribution in [2.75, 3.05) is 18.8 Å². The van der Waals surface area contributed by atoms with Crippen LogP contribution in [0.5, 0.6) is 0 Å². The molecule has 0 bridgehead atoms. The summed E-state index contributed by atoms with van der Waals surface area (Å²) in [5.41, 5.74) is 6.18. The molecule has 4 amide bonds. The average Bonchev–Trinajstić information content (AvgIpc) is 2.79. The van der Waals surface area contributed by atoms with Gasteiger partial charge in [0.25, 0.3) is 0 Å². The summed E-state index contributed by atoms with van der Waals surface area (Å²) in [7, 11) is 0. The van der Waals surface area contributed by atoms with Crippen molar-refractivity contribution in [3.63, 3.8) is 0 Å². The van der Waals surface area contributed by atoms with Gasteiger partial charge in [-0.3, -0.25) is 19.2 Å². The molecule has 7 N–H and O–H groups in total. The van der Waals surface area contributed by atoms with Crippen LogP contribution < -0.4 is 27.0 Å². The molecule has 0 unspecified atom stereocenters. The maximum Gasteiger partial charge on any atom is 0.327 e. The molecule has 188 valence electrons. The number of carbonyl (C=O) groups excluding carboxylic acids is 4. The zero-order valence-electron chi connectivity index (χ0n) is 19.2. The molecule has 12 heteroatoms. The fraction of sp³-hybridized carbons (Fsp3) is 0.500. The second-order valence-electron chi connectivity index (χ2n) is 8.06. The van der Waals surface area contributed by atoms with Gasteiger partial charge in [0.2, 0.25) is 23.6 Å². The topological polar surface area (TPSA) is 180 Å². The van der Waals surface area contributed by atoms with Gasteiger partial charge in [-0.1, -0.05) is 44.2 Å². The zero-order valence-corrected chi connectivity index (χ0v) is 20.1. The first kappa shape index (κ1) is 28.9. The minimum absolute atomic E-state index is 0.0247. The zero-order chi connectivity index (χ0) is 25.7. The number of nitrogens with two attached hydrogens (primary N) is 1. The Morgan fingerprint density at radius 1 is 0.912 bits per heavy atom. The van der Waals surface area contributed by atoms with Crippen LogP contribution in [0.3, 0.4) is 0 Å². The molecule has 11 nitrogen and oxygen atoms in total. The van der Waals surface area contributed by atoms with Gasteiger partial charge in [0.15, 0.2) is 0 Å². The highest BCUT2D eigenvalue weighted by Crippen LogP contribution is 2.08. The third kappa shape index (κ3) is 10.7. The number of nitrogens with one attached hydrogen (secondary N) is 4. The first-order chi connectivity index (χ1) is 16.1. The van der Waals surface area contributed by atoms with Gasteiger partial charge >= 0.3 is 5.97 Å². The second kappa shape index (κ2) is 14.9. The highest BCUT2D eigenvalue weighted by Gasteiger charge is 2.28. The molecule has 0 aromatic heterocycles. The first-order valence-electron chi connectivity index (χ1n) is 10.8. The highest BCUT2D eigenvalue weighted by molar-refractivity contribution is 7.80. The van der Waals surface area contributed by atoms with E-state index < -0.39 is 54.3 Å². The second-order valence-corrected chi connectivity index (χ2v) is 8.43. The van der Waals surface area contributed by atoms with Gasteiger partial charge in [0, 0.05) is 12.2 Å². The molecule has 0 saturated heterocycles. The molecule has 0 saturated carbocycles. The molecule has 1 rings (SSSR count). The van der Waals surface area contributed by atoms with E-state index in [-0.39, 0.29) is 31.1 Å². The standard InChI is InChI=1S/C22H33N5O6S/c1-13(2)8-15(20(30)24-11-19(29)26-17(12-34)22(32)33)27-21(31)16(25-18(28)10-23)9-14-6-4-3-5-7-14/h3-7,13,15-17,34H,8-12,23H2,1-2H3,(H,24,30)(H,25,28)(H,26,29)(H,27,31)(H,32,33)/t15-,16-,17-/m0/s1. The van der Waals surface area contributed by atoms with Crippen LogP contribution in [0.2, 0.25) is 0 Å². The van der Waals surface area contributed by atoms with Crippen LogP contribution in [0.4, 0.5) is 0 Å².